The average Bonchev–Trinajstić information content (AvgIpc) is 3.65. The number of H-pyrrole nitrogens is 1. The van der Waals surface area contributed by atoms with E-state index in [1.165, 1.54) is 72.2 Å². The van der Waals surface area contributed by atoms with E-state index in [-0.39, 0.29) is 0 Å². The van der Waals surface area contributed by atoms with Gasteiger partial charge in [0.25, 0.3) is 0 Å². The normalized spacial score (nSPS) is 17.7. The molecular weight excluding hydrogens is 514 g/mol. The van der Waals surface area contributed by atoms with Gasteiger partial charge in [0.2, 0.25) is 0 Å². The Morgan fingerprint density at radius 1 is 0.875 bits per heavy atom. The second-order valence-corrected chi connectivity index (χ2v) is 12.7. The van der Waals surface area contributed by atoms with Crippen molar-refractivity contribution in [3.63, 3.8) is 0 Å². The predicted octanol–water partition coefficient (Wildman–Crippen LogP) is 8.17. The molecule has 6 heteroatoms. The highest BCUT2D eigenvalue weighted by Gasteiger charge is 2.30. The third-order valence-corrected chi connectivity index (χ3v) is 9.99. The lowest BCUT2D eigenvalue weighted by molar-refractivity contribution is 0.129. The summed E-state index contributed by atoms with van der Waals surface area (Å²) in [4.78, 5) is 9.00. The Labute approximate surface area is 243 Å². The van der Waals surface area contributed by atoms with Crippen molar-refractivity contribution < 1.29 is 9.47 Å². The first kappa shape index (κ1) is 27.2. The van der Waals surface area contributed by atoms with Crippen molar-refractivity contribution in [1.82, 2.24) is 9.88 Å². The average molecular weight is 558 g/mol. The number of piperidine rings is 2. The van der Waals surface area contributed by atoms with Crippen LogP contribution in [0.3, 0.4) is 0 Å². The fraction of sp³-hybridized carbons (Fsp3) is 0.471. The molecule has 0 bridgehead atoms. The van der Waals surface area contributed by atoms with E-state index in [1.807, 2.05) is 17.4 Å². The second kappa shape index (κ2) is 11.9. The molecule has 2 fully saturated rings. The minimum Gasteiger partial charge on any atom is -0.493 e. The highest BCUT2D eigenvalue weighted by molar-refractivity contribution is 7.07. The lowest BCUT2D eigenvalue weighted by Gasteiger charge is -2.41. The smallest absolute Gasteiger partial charge is 0.161 e. The van der Waals surface area contributed by atoms with Gasteiger partial charge in [-0.05, 0) is 121 Å². The maximum atomic E-state index is 5.60. The van der Waals surface area contributed by atoms with Crippen LogP contribution >= 0.6 is 11.3 Å². The van der Waals surface area contributed by atoms with E-state index in [1.54, 1.807) is 14.2 Å². The Kier molecular flexibility index (Phi) is 8.08. The molecule has 212 valence electrons. The van der Waals surface area contributed by atoms with E-state index in [0.29, 0.717) is 5.92 Å². The molecule has 0 saturated carbocycles. The van der Waals surface area contributed by atoms with E-state index >= 15 is 0 Å². The van der Waals surface area contributed by atoms with Crippen LogP contribution in [0.15, 0.2) is 53.2 Å². The molecule has 0 spiro atoms. The van der Waals surface area contributed by atoms with Crippen molar-refractivity contribution in [1.29, 1.82) is 0 Å². The summed E-state index contributed by atoms with van der Waals surface area (Å²) < 4.78 is 11.1. The molecule has 0 radical (unpaired) electrons. The molecule has 2 aromatic carbocycles. The molecule has 2 saturated heterocycles. The first-order valence-corrected chi connectivity index (χ1v) is 15.8. The lowest BCUT2D eigenvalue weighted by Crippen LogP contribution is -2.40. The summed E-state index contributed by atoms with van der Waals surface area (Å²) in [7, 11) is 3.38. The number of benzene rings is 2. The van der Waals surface area contributed by atoms with Crippen molar-refractivity contribution in [3.8, 4) is 22.8 Å². The molecule has 40 heavy (non-hydrogen) atoms. The van der Waals surface area contributed by atoms with Crippen LogP contribution in [0.2, 0.25) is 0 Å². The molecule has 4 heterocycles. The number of aromatic amines is 1. The van der Waals surface area contributed by atoms with Gasteiger partial charge in [-0.1, -0.05) is 13.8 Å². The van der Waals surface area contributed by atoms with Crippen LogP contribution in [0.1, 0.15) is 56.6 Å². The molecule has 6 rings (SSSR count). The predicted molar refractivity (Wildman–Crippen MR) is 168 cm³/mol. The fourth-order valence-electron chi connectivity index (χ4n) is 7.07. The number of fused-ring (bicyclic) bond motifs is 1. The summed E-state index contributed by atoms with van der Waals surface area (Å²) in [6.07, 6.45) is 5.35. The van der Waals surface area contributed by atoms with Gasteiger partial charge in [-0.3, -0.25) is 4.90 Å². The minimum absolute atomic E-state index is 0.392. The molecule has 1 N–H and O–H groups in total. The Balaban J connectivity index is 1.14. The largest absolute Gasteiger partial charge is 0.493 e. The van der Waals surface area contributed by atoms with Crippen molar-refractivity contribution in [3.05, 3.63) is 64.4 Å². The Morgan fingerprint density at radius 3 is 2.25 bits per heavy atom. The van der Waals surface area contributed by atoms with Gasteiger partial charge in [0, 0.05) is 41.8 Å². The van der Waals surface area contributed by atoms with Crippen LogP contribution in [0.25, 0.3) is 22.2 Å². The number of anilines is 1. The van der Waals surface area contributed by atoms with Gasteiger partial charge in [-0.25, -0.2) is 0 Å². The van der Waals surface area contributed by atoms with Crippen LogP contribution in [-0.2, 0) is 6.54 Å². The molecular formula is C34H43N3O2S. The Hall–Kier alpha value is -2.96. The first-order valence-electron chi connectivity index (χ1n) is 14.9. The van der Waals surface area contributed by atoms with Gasteiger partial charge in [0.05, 0.1) is 19.9 Å². The van der Waals surface area contributed by atoms with E-state index in [2.05, 4.69) is 75.8 Å². The number of nitrogens with one attached hydrogen (secondary N) is 1. The van der Waals surface area contributed by atoms with Crippen molar-refractivity contribution in [2.24, 2.45) is 11.8 Å². The first-order chi connectivity index (χ1) is 19.5. The number of thiophene rings is 1. The highest BCUT2D eigenvalue weighted by atomic mass is 32.1. The fourth-order valence-corrected chi connectivity index (χ4v) is 7.73. The summed E-state index contributed by atoms with van der Waals surface area (Å²) >= 11 is 1.81. The standard InChI is InChI=1S/C34H43N3O2S/c1-23(2)33-29-20-28(6-7-30(29)35-34(33)27-5-8-31(38-3)32(19-27)39-4)37-16-11-26(12-17-37)25-9-14-36(15-10-25)21-24-13-18-40-22-24/h5-8,13,18-20,22-23,25-26,35H,9-12,14-17,21H2,1-4H3. The van der Waals surface area contributed by atoms with Gasteiger partial charge in [0.1, 0.15) is 0 Å². The van der Waals surface area contributed by atoms with Crippen molar-refractivity contribution >= 4 is 27.9 Å². The Bertz CT molecular complexity index is 1410. The molecule has 0 aliphatic carbocycles. The van der Waals surface area contributed by atoms with Crippen molar-refractivity contribution in [2.75, 3.05) is 45.3 Å². The van der Waals surface area contributed by atoms with E-state index in [4.69, 9.17) is 9.47 Å². The summed E-state index contributed by atoms with van der Waals surface area (Å²) in [6.45, 7) is 10.5. The van der Waals surface area contributed by atoms with Crippen LogP contribution < -0.4 is 14.4 Å². The third-order valence-electron chi connectivity index (χ3n) is 9.26. The van der Waals surface area contributed by atoms with Crippen LogP contribution in [-0.4, -0.2) is 50.3 Å². The van der Waals surface area contributed by atoms with Gasteiger partial charge in [-0.2, -0.15) is 11.3 Å². The quantitative estimate of drug-likeness (QED) is 0.237. The van der Waals surface area contributed by atoms with Gasteiger partial charge in [0.15, 0.2) is 11.5 Å². The molecule has 0 atom stereocenters. The number of nitrogens with zero attached hydrogens (tertiary/aromatic N) is 2. The SMILES string of the molecule is COc1ccc(-c2[nH]c3ccc(N4CCC(C5CCN(Cc6ccsc6)CC5)CC4)cc3c2C(C)C)cc1OC. The molecule has 0 unspecified atom stereocenters. The molecule has 2 aliphatic heterocycles. The van der Waals surface area contributed by atoms with E-state index in [0.717, 1.165) is 48.5 Å². The number of methoxy groups -OCH3 is 2. The number of likely N-dealkylation sites (tertiary alicyclic amines) is 1. The topological polar surface area (TPSA) is 40.7 Å². The zero-order valence-corrected chi connectivity index (χ0v) is 25.2. The summed E-state index contributed by atoms with van der Waals surface area (Å²) in [6, 6.07) is 15.5. The van der Waals surface area contributed by atoms with Crippen LogP contribution in [0.5, 0.6) is 11.5 Å². The van der Waals surface area contributed by atoms with Crippen LogP contribution in [0, 0.1) is 11.8 Å². The van der Waals surface area contributed by atoms with Gasteiger partial charge < -0.3 is 19.4 Å². The molecule has 0 amide bonds. The zero-order chi connectivity index (χ0) is 27.6. The summed E-state index contributed by atoms with van der Waals surface area (Å²) in [5.41, 5.74) is 7.70. The Morgan fingerprint density at radius 2 is 1.60 bits per heavy atom. The maximum absolute atomic E-state index is 5.60. The second-order valence-electron chi connectivity index (χ2n) is 11.9. The highest BCUT2D eigenvalue weighted by Crippen LogP contribution is 2.41. The number of rotatable bonds is 8. The minimum atomic E-state index is 0.392. The summed E-state index contributed by atoms with van der Waals surface area (Å²) in [5, 5.41) is 5.83. The lowest BCUT2D eigenvalue weighted by atomic mass is 9.78. The molecule has 2 aromatic heterocycles. The monoisotopic (exact) mass is 557 g/mol. The maximum Gasteiger partial charge on any atom is 0.161 e. The molecule has 4 aromatic rings. The summed E-state index contributed by atoms with van der Waals surface area (Å²) in [5.74, 6) is 3.67. The van der Waals surface area contributed by atoms with E-state index in [9.17, 15) is 0 Å². The zero-order valence-electron chi connectivity index (χ0n) is 24.4. The van der Waals surface area contributed by atoms with E-state index < -0.39 is 0 Å². The van der Waals surface area contributed by atoms with Crippen LogP contribution in [0.4, 0.5) is 5.69 Å². The molecule has 2 aliphatic rings. The number of hydrogen-bond acceptors (Lipinski definition) is 5. The molecule has 5 nitrogen and oxygen atoms in total. The third kappa shape index (κ3) is 5.48. The number of ether oxygens (including phenoxy) is 2. The van der Waals surface area contributed by atoms with Gasteiger partial charge >= 0.3 is 0 Å². The number of hydrogen-bond donors (Lipinski definition) is 1. The van der Waals surface area contributed by atoms with Gasteiger partial charge in [-0.15, -0.1) is 0 Å². The van der Waals surface area contributed by atoms with Crippen molar-refractivity contribution in [2.45, 2.75) is 52.0 Å². The number of aromatic nitrogens is 1.